The summed E-state index contributed by atoms with van der Waals surface area (Å²) in [5, 5.41) is 9.35. The molecule has 7 nitrogen and oxygen atoms in total. The minimum Gasteiger partial charge on any atom is -0.465 e. The molecule has 2 amide bonds. The van der Waals surface area contributed by atoms with Crippen LogP contribution in [0.1, 0.15) is 32.6 Å². The molecule has 0 radical (unpaired) electrons. The van der Waals surface area contributed by atoms with Crippen molar-refractivity contribution in [3.63, 3.8) is 0 Å². The number of nitrogens with zero attached hydrogens (tertiary/aromatic N) is 3. The second-order valence-corrected chi connectivity index (χ2v) is 9.57. The summed E-state index contributed by atoms with van der Waals surface area (Å²) < 4.78 is 6.22. The molecule has 8 heteroatoms. The van der Waals surface area contributed by atoms with Gasteiger partial charge in [0.25, 0.3) is 5.91 Å². The zero-order chi connectivity index (χ0) is 22.2. The molecule has 0 unspecified atom stereocenters. The van der Waals surface area contributed by atoms with Crippen LogP contribution in [0.2, 0.25) is 0 Å². The lowest BCUT2D eigenvalue weighted by atomic mass is 9.92. The van der Waals surface area contributed by atoms with E-state index in [1.165, 1.54) is 16.0 Å². The lowest BCUT2D eigenvalue weighted by Gasteiger charge is -2.40. The number of hydrogen-bond acceptors (Lipinski definition) is 4. The summed E-state index contributed by atoms with van der Waals surface area (Å²) in [5.41, 5.74) is 4.95. The molecule has 0 spiro atoms. The van der Waals surface area contributed by atoms with E-state index in [2.05, 4.69) is 39.0 Å². The van der Waals surface area contributed by atoms with E-state index in [-0.39, 0.29) is 11.9 Å². The predicted octanol–water partition coefficient (Wildman–Crippen LogP) is 3.34. The van der Waals surface area contributed by atoms with Crippen molar-refractivity contribution >= 4 is 27.9 Å². The Bertz CT molecular complexity index is 1050. The molecule has 1 atom stereocenters. The van der Waals surface area contributed by atoms with Crippen molar-refractivity contribution in [2.45, 2.75) is 32.1 Å². The van der Waals surface area contributed by atoms with Gasteiger partial charge < -0.3 is 14.7 Å². The fraction of sp³-hybridized carbons (Fsp3) is 0.417. The summed E-state index contributed by atoms with van der Waals surface area (Å²) in [6, 6.07) is 12.2. The van der Waals surface area contributed by atoms with E-state index >= 15 is 0 Å². The van der Waals surface area contributed by atoms with E-state index < -0.39 is 6.09 Å². The predicted molar refractivity (Wildman–Crippen MR) is 122 cm³/mol. The van der Waals surface area contributed by atoms with Crippen LogP contribution in [-0.4, -0.2) is 70.7 Å². The number of ether oxygens (including phenoxy) is 1. The molecule has 3 aliphatic rings. The molecule has 32 heavy (non-hydrogen) atoms. The van der Waals surface area contributed by atoms with Crippen LogP contribution in [-0.2, 0) is 30.8 Å². The standard InChI is InChI=1S/C24H26BrN3O4/c25-22-11-19-13-27(24(30)31)12-18(19)10-21(22)23(29)28-14-17-4-2-1-3-16(17)9-20(28)15-26-5-7-32-8-6-26/h1-4,10-11,20H,5-9,12-15H2,(H,30,31)/t20-/m0/s1. The van der Waals surface area contributed by atoms with Crippen LogP contribution in [0.4, 0.5) is 4.79 Å². The Kier molecular flexibility index (Phi) is 5.92. The van der Waals surface area contributed by atoms with Gasteiger partial charge in [-0.1, -0.05) is 24.3 Å². The fourth-order valence-corrected chi connectivity index (χ4v) is 5.51. The lowest BCUT2D eigenvalue weighted by molar-refractivity contribution is 0.0192. The van der Waals surface area contributed by atoms with Gasteiger partial charge in [0.1, 0.15) is 0 Å². The largest absolute Gasteiger partial charge is 0.465 e. The van der Waals surface area contributed by atoms with Gasteiger partial charge in [-0.15, -0.1) is 0 Å². The number of hydrogen-bond donors (Lipinski definition) is 1. The monoisotopic (exact) mass is 499 g/mol. The zero-order valence-corrected chi connectivity index (χ0v) is 19.4. The molecule has 1 saturated heterocycles. The SMILES string of the molecule is O=C(O)N1Cc2cc(Br)c(C(=O)N3Cc4ccccc4C[C@H]3CN3CCOCC3)cc2C1. The Morgan fingerprint density at radius 2 is 1.69 bits per heavy atom. The van der Waals surface area contributed by atoms with Crippen molar-refractivity contribution in [2.24, 2.45) is 0 Å². The van der Waals surface area contributed by atoms with Gasteiger partial charge >= 0.3 is 6.09 Å². The number of carbonyl (C=O) groups is 2. The molecule has 1 fully saturated rings. The van der Waals surface area contributed by atoms with Crippen molar-refractivity contribution in [3.05, 3.63) is 68.7 Å². The number of morpholine rings is 1. The summed E-state index contributed by atoms with van der Waals surface area (Å²) in [7, 11) is 0. The zero-order valence-electron chi connectivity index (χ0n) is 17.8. The first-order valence-corrected chi connectivity index (χ1v) is 11.8. The van der Waals surface area contributed by atoms with E-state index in [1.807, 2.05) is 23.1 Å². The molecule has 5 rings (SSSR count). The normalized spacial score (nSPS) is 20.7. The third kappa shape index (κ3) is 4.14. The molecule has 1 N–H and O–H groups in total. The minimum atomic E-state index is -0.941. The van der Waals surface area contributed by atoms with Crippen LogP contribution in [0.5, 0.6) is 0 Å². The topological polar surface area (TPSA) is 73.3 Å². The highest BCUT2D eigenvalue weighted by atomic mass is 79.9. The number of carboxylic acid groups (broad SMARTS) is 1. The maximum atomic E-state index is 13.8. The molecule has 0 aromatic heterocycles. The van der Waals surface area contributed by atoms with Crippen molar-refractivity contribution in [2.75, 3.05) is 32.8 Å². The highest BCUT2D eigenvalue weighted by molar-refractivity contribution is 9.10. The Hall–Kier alpha value is -2.42. The summed E-state index contributed by atoms with van der Waals surface area (Å²) in [6.07, 6.45) is -0.113. The molecular formula is C24H26BrN3O4. The molecular weight excluding hydrogens is 474 g/mol. The van der Waals surface area contributed by atoms with E-state index in [1.54, 1.807) is 0 Å². The Morgan fingerprint density at radius 3 is 2.41 bits per heavy atom. The second-order valence-electron chi connectivity index (χ2n) is 8.71. The van der Waals surface area contributed by atoms with Crippen LogP contribution in [0, 0.1) is 0 Å². The maximum Gasteiger partial charge on any atom is 0.407 e. The van der Waals surface area contributed by atoms with Gasteiger partial charge in [-0.25, -0.2) is 4.79 Å². The van der Waals surface area contributed by atoms with E-state index in [4.69, 9.17) is 4.74 Å². The van der Waals surface area contributed by atoms with Gasteiger partial charge in [0.2, 0.25) is 0 Å². The molecule has 3 heterocycles. The number of rotatable bonds is 3. The molecule has 168 valence electrons. The molecule has 2 aromatic rings. The molecule has 3 aliphatic heterocycles. The number of fused-ring (bicyclic) bond motifs is 2. The summed E-state index contributed by atoms with van der Waals surface area (Å²) in [5.74, 6) is -0.0128. The van der Waals surface area contributed by atoms with E-state index in [9.17, 15) is 14.7 Å². The molecule has 0 aliphatic carbocycles. The average molecular weight is 500 g/mol. The van der Waals surface area contributed by atoms with Crippen LogP contribution in [0.25, 0.3) is 0 Å². The molecule has 2 aromatic carbocycles. The van der Waals surface area contributed by atoms with Gasteiger partial charge in [-0.3, -0.25) is 14.6 Å². The minimum absolute atomic E-state index is 0.0128. The van der Waals surface area contributed by atoms with Crippen molar-refractivity contribution in [1.29, 1.82) is 0 Å². The van der Waals surface area contributed by atoms with Gasteiger partial charge in [-0.2, -0.15) is 0 Å². The Morgan fingerprint density at radius 1 is 1.00 bits per heavy atom. The van der Waals surface area contributed by atoms with Gasteiger partial charge in [-0.05, 0) is 56.7 Å². The van der Waals surface area contributed by atoms with Crippen molar-refractivity contribution in [1.82, 2.24) is 14.7 Å². The summed E-state index contributed by atoms with van der Waals surface area (Å²) >= 11 is 3.58. The van der Waals surface area contributed by atoms with Gasteiger partial charge in [0, 0.05) is 49.8 Å². The smallest absolute Gasteiger partial charge is 0.407 e. The quantitative estimate of drug-likeness (QED) is 0.700. The number of halogens is 1. The number of amides is 2. The Balaban J connectivity index is 1.44. The number of carbonyl (C=O) groups excluding carboxylic acids is 1. The van der Waals surface area contributed by atoms with E-state index in [0.29, 0.717) is 25.2 Å². The van der Waals surface area contributed by atoms with Crippen LogP contribution in [0.15, 0.2) is 40.9 Å². The fourth-order valence-electron chi connectivity index (χ4n) is 4.94. The maximum absolute atomic E-state index is 13.8. The van der Waals surface area contributed by atoms with E-state index in [0.717, 1.165) is 54.9 Å². The third-order valence-electron chi connectivity index (χ3n) is 6.70. The van der Waals surface area contributed by atoms with Crippen LogP contribution >= 0.6 is 15.9 Å². The summed E-state index contributed by atoms with van der Waals surface area (Å²) in [6.45, 7) is 5.29. The number of benzene rings is 2. The first-order chi connectivity index (χ1) is 15.5. The van der Waals surface area contributed by atoms with Gasteiger partial charge in [0.15, 0.2) is 0 Å². The first-order valence-electron chi connectivity index (χ1n) is 11.0. The molecule has 0 bridgehead atoms. The second kappa shape index (κ2) is 8.84. The van der Waals surface area contributed by atoms with Crippen molar-refractivity contribution < 1.29 is 19.4 Å². The highest BCUT2D eigenvalue weighted by Gasteiger charge is 2.34. The average Bonchev–Trinajstić information content (AvgIpc) is 3.21. The lowest BCUT2D eigenvalue weighted by Crippen LogP contribution is -2.52. The highest BCUT2D eigenvalue weighted by Crippen LogP contribution is 2.32. The first kappa shape index (κ1) is 21.4. The summed E-state index contributed by atoms with van der Waals surface area (Å²) in [4.78, 5) is 31.0. The third-order valence-corrected chi connectivity index (χ3v) is 7.36. The Labute approximate surface area is 195 Å². The van der Waals surface area contributed by atoms with Crippen molar-refractivity contribution in [3.8, 4) is 0 Å². The molecule has 0 saturated carbocycles. The van der Waals surface area contributed by atoms with Crippen LogP contribution < -0.4 is 0 Å². The van der Waals surface area contributed by atoms with Gasteiger partial charge in [0.05, 0.1) is 18.8 Å². The van der Waals surface area contributed by atoms with Crippen LogP contribution in [0.3, 0.4) is 0 Å².